The van der Waals surface area contributed by atoms with Crippen molar-refractivity contribution < 1.29 is 9.53 Å². The summed E-state index contributed by atoms with van der Waals surface area (Å²) in [5.41, 5.74) is 0.894. The molecular formula is C22H30Cl2N2O2. The maximum Gasteiger partial charge on any atom is 0.227 e. The number of likely N-dealkylation sites (N-methyl/N-ethyl adjacent to an activating group) is 1. The van der Waals surface area contributed by atoms with Gasteiger partial charge in [-0.1, -0.05) is 29.3 Å². The zero-order valence-electron chi connectivity index (χ0n) is 16.6. The lowest BCUT2D eigenvalue weighted by molar-refractivity contribution is -0.137. The van der Waals surface area contributed by atoms with Crippen LogP contribution in [0.1, 0.15) is 50.5 Å². The summed E-state index contributed by atoms with van der Waals surface area (Å²) in [7, 11) is 1.97. The molecule has 1 amide bonds. The average molecular weight is 425 g/mol. The summed E-state index contributed by atoms with van der Waals surface area (Å²) >= 11 is 12.2. The van der Waals surface area contributed by atoms with Gasteiger partial charge in [0.05, 0.1) is 22.1 Å². The normalized spacial score (nSPS) is 30.8. The van der Waals surface area contributed by atoms with Crippen LogP contribution in [0.3, 0.4) is 0 Å². The van der Waals surface area contributed by atoms with Crippen LogP contribution < -0.4 is 0 Å². The fourth-order valence-corrected chi connectivity index (χ4v) is 5.68. The van der Waals surface area contributed by atoms with Gasteiger partial charge in [0.2, 0.25) is 5.91 Å². The molecule has 4 rings (SSSR count). The highest BCUT2D eigenvalue weighted by Crippen LogP contribution is 2.42. The number of ether oxygens (including phenoxy) is 1. The highest BCUT2D eigenvalue weighted by molar-refractivity contribution is 6.42. The van der Waals surface area contributed by atoms with Crippen LogP contribution in [-0.4, -0.2) is 60.1 Å². The smallest absolute Gasteiger partial charge is 0.227 e. The van der Waals surface area contributed by atoms with E-state index in [4.69, 9.17) is 27.9 Å². The van der Waals surface area contributed by atoms with Crippen LogP contribution in [0.25, 0.3) is 0 Å². The molecule has 1 saturated carbocycles. The quantitative estimate of drug-likeness (QED) is 0.709. The van der Waals surface area contributed by atoms with Crippen molar-refractivity contribution in [2.45, 2.75) is 69.1 Å². The fraction of sp³-hybridized carbons (Fsp3) is 0.682. The molecule has 1 aromatic rings. The number of halogens is 2. The highest BCUT2D eigenvalue weighted by Gasteiger charge is 2.47. The third-order valence-corrected chi connectivity index (χ3v) is 7.68. The summed E-state index contributed by atoms with van der Waals surface area (Å²) in [4.78, 5) is 17.8. The first-order valence-corrected chi connectivity index (χ1v) is 11.3. The molecule has 1 aliphatic carbocycles. The van der Waals surface area contributed by atoms with Gasteiger partial charge in [-0.05, 0) is 75.7 Å². The van der Waals surface area contributed by atoms with Crippen molar-refractivity contribution in [1.29, 1.82) is 0 Å². The summed E-state index contributed by atoms with van der Waals surface area (Å²) < 4.78 is 6.21. The Morgan fingerprint density at radius 2 is 2.00 bits per heavy atom. The number of carbonyl (C=O) groups excluding carboxylic acids is 1. The summed E-state index contributed by atoms with van der Waals surface area (Å²) in [5.74, 6) is 0.141. The largest absolute Gasteiger partial charge is 0.375 e. The van der Waals surface area contributed by atoms with Crippen LogP contribution in [-0.2, 0) is 16.0 Å². The number of nitrogens with zero attached hydrogens (tertiary/aromatic N) is 2. The van der Waals surface area contributed by atoms with E-state index >= 15 is 0 Å². The minimum Gasteiger partial charge on any atom is -0.375 e. The van der Waals surface area contributed by atoms with Crippen LogP contribution >= 0.6 is 23.2 Å². The molecule has 2 heterocycles. The number of hydrogen-bond acceptors (Lipinski definition) is 3. The number of benzene rings is 1. The Morgan fingerprint density at radius 1 is 1.21 bits per heavy atom. The predicted molar refractivity (Wildman–Crippen MR) is 113 cm³/mol. The molecule has 3 atom stereocenters. The van der Waals surface area contributed by atoms with Gasteiger partial charge in [0.15, 0.2) is 0 Å². The molecule has 3 fully saturated rings. The summed E-state index contributed by atoms with van der Waals surface area (Å²) in [6.07, 6.45) is 8.36. The Balaban J connectivity index is 1.50. The number of amides is 1. The van der Waals surface area contributed by atoms with Gasteiger partial charge in [-0.3, -0.25) is 9.69 Å². The molecule has 154 valence electrons. The van der Waals surface area contributed by atoms with Gasteiger partial charge in [0.25, 0.3) is 0 Å². The fourth-order valence-electron chi connectivity index (χ4n) is 5.36. The Hall–Kier alpha value is -0.810. The number of hydrogen-bond donors (Lipinski definition) is 0. The van der Waals surface area contributed by atoms with Gasteiger partial charge in [0.1, 0.15) is 0 Å². The monoisotopic (exact) mass is 424 g/mol. The molecule has 4 nitrogen and oxygen atoms in total. The summed E-state index contributed by atoms with van der Waals surface area (Å²) in [6.45, 7) is 3.18. The molecule has 0 unspecified atom stereocenters. The van der Waals surface area contributed by atoms with Gasteiger partial charge >= 0.3 is 0 Å². The predicted octanol–water partition coefficient (Wildman–Crippen LogP) is 4.56. The van der Waals surface area contributed by atoms with Gasteiger partial charge in [-0.2, -0.15) is 0 Å². The van der Waals surface area contributed by atoms with Crippen molar-refractivity contribution in [2.75, 3.05) is 26.7 Å². The van der Waals surface area contributed by atoms with Crippen LogP contribution in [0.5, 0.6) is 0 Å². The van der Waals surface area contributed by atoms with Crippen molar-refractivity contribution in [3.63, 3.8) is 0 Å². The number of rotatable bonds is 4. The standard InChI is InChI=1S/C22H30Cl2N2O2/c1-25(21(27)14-16-5-6-17(23)18(24)13-16)20-15-22(8-4-12-28-22)9-7-19(20)26-10-2-3-11-26/h5-6,13,19-20H,2-4,7-12,14-15H2,1H3/t19-,20-,22-/m1/s1. The third-order valence-electron chi connectivity index (χ3n) is 6.95. The molecule has 0 radical (unpaired) electrons. The Morgan fingerprint density at radius 3 is 2.68 bits per heavy atom. The van der Waals surface area contributed by atoms with E-state index in [0.29, 0.717) is 22.5 Å². The molecule has 0 aromatic heterocycles. The van der Waals surface area contributed by atoms with Gasteiger partial charge in [-0.25, -0.2) is 0 Å². The van der Waals surface area contributed by atoms with Crippen LogP contribution in [0.4, 0.5) is 0 Å². The van der Waals surface area contributed by atoms with Crippen molar-refractivity contribution >= 4 is 29.1 Å². The molecule has 3 aliphatic rings. The lowest BCUT2D eigenvalue weighted by Gasteiger charge is -2.48. The molecular weight excluding hydrogens is 395 g/mol. The Bertz CT molecular complexity index is 714. The summed E-state index contributed by atoms with van der Waals surface area (Å²) in [6, 6.07) is 6.11. The van der Waals surface area contributed by atoms with E-state index in [1.807, 2.05) is 18.0 Å². The average Bonchev–Trinajstić information content (AvgIpc) is 3.37. The zero-order valence-corrected chi connectivity index (χ0v) is 18.1. The first-order chi connectivity index (χ1) is 13.5. The molecule has 28 heavy (non-hydrogen) atoms. The van der Waals surface area contributed by atoms with Crippen LogP contribution in [0.2, 0.25) is 10.0 Å². The topological polar surface area (TPSA) is 32.8 Å². The highest BCUT2D eigenvalue weighted by atomic mass is 35.5. The molecule has 1 aromatic carbocycles. The van der Waals surface area contributed by atoms with Gasteiger partial charge in [-0.15, -0.1) is 0 Å². The van der Waals surface area contributed by atoms with E-state index in [-0.39, 0.29) is 17.6 Å². The first kappa shape index (κ1) is 20.5. The Kier molecular flexibility index (Phi) is 6.22. The van der Waals surface area contributed by atoms with Crippen molar-refractivity contribution in [3.05, 3.63) is 33.8 Å². The molecule has 0 N–H and O–H groups in total. The van der Waals surface area contributed by atoms with E-state index < -0.39 is 0 Å². The molecule has 0 bridgehead atoms. The van der Waals surface area contributed by atoms with E-state index in [1.165, 1.54) is 12.8 Å². The minimum absolute atomic E-state index is 0.0149. The van der Waals surface area contributed by atoms with Crippen molar-refractivity contribution in [3.8, 4) is 0 Å². The number of likely N-dealkylation sites (tertiary alicyclic amines) is 1. The van der Waals surface area contributed by atoms with Crippen molar-refractivity contribution in [1.82, 2.24) is 9.80 Å². The SMILES string of the molecule is CN(C(=O)Cc1ccc(Cl)c(Cl)c1)[C@@H]1C[C@@]2(CCCO2)CC[C@H]1N1CCCC1. The van der Waals surface area contributed by atoms with E-state index in [1.54, 1.807) is 12.1 Å². The van der Waals surface area contributed by atoms with Crippen LogP contribution in [0, 0.1) is 0 Å². The zero-order chi connectivity index (χ0) is 19.7. The maximum atomic E-state index is 13.2. The maximum absolute atomic E-state index is 13.2. The van der Waals surface area contributed by atoms with E-state index in [0.717, 1.165) is 57.4 Å². The molecule has 6 heteroatoms. The Labute approximate surface area is 178 Å². The second-order valence-electron chi connectivity index (χ2n) is 8.69. The first-order valence-electron chi connectivity index (χ1n) is 10.6. The third kappa shape index (κ3) is 4.21. The molecule has 2 aliphatic heterocycles. The minimum atomic E-state index is -0.0149. The van der Waals surface area contributed by atoms with Crippen LogP contribution in [0.15, 0.2) is 18.2 Å². The lowest BCUT2D eigenvalue weighted by atomic mass is 9.76. The van der Waals surface area contributed by atoms with Gasteiger partial charge < -0.3 is 9.64 Å². The number of carbonyl (C=O) groups is 1. The van der Waals surface area contributed by atoms with Crippen molar-refractivity contribution in [2.24, 2.45) is 0 Å². The summed E-state index contributed by atoms with van der Waals surface area (Å²) in [5, 5.41) is 1.02. The van der Waals surface area contributed by atoms with E-state index in [9.17, 15) is 4.79 Å². The second-order valence-corrected chi connectivity index (χ2v) is 9.50. The molecule has 2 saturated heterocycles. The second kappa shape index (κ2) is 8.51. The van der Waals surface area contributed by atoms with Gasteiger partial charge in [0, 0.05) is 25.7 Å². The lowest BCUT2D eigenvalue weighted by Crippen LogP contribution is -2.58. The molecule has 1 spiro atoms. The van der Waals surface area contributed by atoms with E-state index in [2.05, 4.69) is 4.90 Å².